The third kappa shape index (κ3) is 4.02. The van der Waals surface area contributed by atoms with Gasteiger partial charge in [0.1, 0.15) is 6.61 Å². The Hall–Kier alpha value is -2.07. The lowest BCUT2D eigenvalue weighted by Gasteiger charge is -2.23. The van der Waals surface area contributed by atoms with E-state index in [1.807, 2.05) is 30.5 Å². The lowest BCUT2D eigenvalue weighted by atomic mass is 10.00. The smallest absolute Gasteiger partial charge is 0.292 e. The molecular formula is C19H24N2O2. The molecule has 1 saturated heterocycles. The summed E-state index contributed by atoms with van der Waals surface area (Å²) >= 11 is 0. The third-order valence-corrected chi connectivity index (χ3v) is 4.48. The number of nitrogens with one attached hydrogen (secondary N) is 1. The number of aryl methyl sites for hydroxylation is 1. The number of rotatable bonds is 5. The quantitative estimate of drug-likeness (QED) is 0.923. The van der Waals surface area contributed by atoms with Crippen molar-refractivity contribution in [3.05, 3.63) is 64.1 Å². The molecule has 0 spiro atoms. The molecule has 1 unspecified atom stereocenters. The minimum absolute atomic E-state index is 0.0355. The fourth-order valence-electron chi connectivity index (χ4n) is 3.05. The highest BCUT2D eigenvalue weighted by Crippen LogP contribution is 2.14. The van der Waals surface area contributed by atoms with Crippen molar-refractivity contribution in [2.24, 2.45) is 5.92 Å². The molecule has 2 heterocycles. The van der Waals surface area contributed by atoms with Crippen LogP contribution < -0.4 is 15.6 Å². The van der Waals surface area contributed by atoms with Gasteiger partial charge in [0, 0.05) is 12.7 Å². The number of piperidine rings is 1. The zero-order valence-electron chi connectivity index (χ0n) is 13.6. The Morgan fingerprint density at radius 1 is 1.26 bits per heavy atom. The van der Waals surface area contributed by atoms with Crippen LogP contribution in [0.1, 0.15) is 24.0 Å². The van der Waals surface area contributed by atoms with Crippen LogP contribution in [0.5, 0.6) is 5.75 Å². The normalized spacial score (nSPS) is 17.9. The van der Waals surface area contributed by atoms with Crippen LogP contribution in [0.15, 0.2) is 47.4 Å². The van der Waals surface area contributed by atoms with Gasteiger partial charge < -0.3 is 14.6 Å². The van der Waals surface area contributed by atoms with E-state index in [9.17, 15) is 4.79 Å². The Morgan fingerprint density at radius 3 is 2.91 bits per heavy atom. The lowest BCUT2D eigenvalue weighted by molar-refractivity contribution is 0.291. The summed E-state index contributed by atoms with van der Waals surface area (Å²) in [6, 6.07) is 11.7. The van der Waals surface area contributed by atoms with Gasteiger partial charge in [0.2, 0.25) is 0 Å². The maximum Gasteiger partial charge on any atom is 0.292 e. The second-order valence-corrected chi connectivity index (χ2v) is 6.26. The molecule has 1 aromatic carbocycles. The summed E-state index contributed by atoms with van der Waals surface area (Å²) < 4.78 is 7.57. The Kier molecular flexibility index (Phi) is 5.13. The number of hydrogen-bond donors (Lipinski definition) is 1. The van der Waals surface area contributed by atoms with Crippen LogP contribution in [-0.4, -0.2) is 17.7 Å². The van der Waals surface area contributed by atoms with E-state index >= 15 is 0 Å². The van der Waals surface area contributed by atoms with E-state index in [0.29, 0.717) is 18.3 Å². The van der Waals surface area contributed by atoms with Crippen LogP contribution in [0.3, 0.4) is 0 Å². The number of benzene rings is 1. The number of ether oxygens (including phenoxy) is 1. The molecule has 1 atom stereocenters. The number of nitrogens with zero attached hydrogens (tertiary/aromatic N) is 1. The Bertz CT molecular complexity index is 703. The number of pyridine rings is 1. The van der Waals surface area contributed by atoms with Gasteiger partial charge in [0.15, 0.2) is 5.75 Å². The van der Waals surface area contributed by atoms with Gasteiger partial charge in [-0.2, -0.15) is 0 Å². The molecule has 122 valence electrons. The van der Waals surface area contributed by atoms with Gasteiger partial charge in [-0.25, -0.2) is 0 Å². The molecule has 4 heteroatoms. The monoisotopic (exact) mass is 312 g/mol. The van der Waals surface area contributed by atoms with Gasteiger partial charge in [-0.3, -0.25) is 4.79 Å². The summed E-state index contributed by atoms with van der Waals surface area (Å²) in [6.07, 6.45) is 4.22. The van der Waals surface area contributed by atoms with Gasteiger partial charge in [0.05, 0.1) is 0 Å². The minimum atomic E-state index is -0.0355. The second-order valence-electron chi connectivity index (χ2n) is 6.26. The first-order valence-corrected chi connectivity index (χ1v) is 8.31. The van der Waals surface area contributed by atoms with Crippen molar-refractivity contribution in [1.29, 1.82) is 0 Å². The molecule has 3 rings (SSSR count). The first-order chi connectivity index (χ1) is 11.2. The van der Waals surface area contributed by atoms with Crippen molar-refractivity contribution in [3.63, 3.8) is 0 Å². The average Bonchev–Trinajstić information content (AvgIpc) is 2.58. The van der Waals surface area contributed by atoms with Crippen molar-refractivity contribution in [3.8, 4) is 5.75 Å². The number of hydrogen-bond acceptors (Lipinski definition) is 3. The topological polar surface area (TPSA) is 43.3 Å². The first kappa shape index (κ1) is 15.8. The Balaban J connectivity index is 1.69. The fourth-order valence-corrected chi connectivity index (χ4v) is 3.05. The summed E-state index contributed by atoms with van der Waals surface area (Å²) in [4.78, 5) is 12.6. The molecule has 2 aromatic rings. The van der Waals surface area contributed by atoms with Gasteiger partial charge in [-0.05, 0) is 62.0 Å². The molecule has 1 fully saturated rings. The predicted molar refractivity (Wildman–Crippen MR) is 91.8 cm³/mol. The largest absolute Gasteiger partial charge is 0.483 e. The lowest BCUT2D eigenvalue weighted by Crippen LogP contribution is -2.34. The molecule has 1 aromatic heterocycles. The fraction of sp³-hybridized carbons (Fsp3) is 0.421. The van der Waals surface area contributed by atoms with Crippen LogP contribution in [0.2, 0.25) is 0 Å². The molecule has 0 aliphatic carbocycles. The zero-order chi connectivity index (χ0) is 16.1. The van der Waals surface area contributed by atoms with Crippen molar-refractivity contribution >= 4 is 0 Å². The molecule has 0 saturated carbocycles. The summed E-state index contributed by atoms with van der Waals surface area (Å²) in [6.45, 7) is 5.31. The standard InChI is InChI=1S/C19H24N2O2/c1-15-6-2-3-8-17(15)14-23-18-9-5-11-21(19(18)22)13-16-7-4-10-20-12-16/h2-3,5-6,8-9,11,16,20H,4,7,10,12-14H2,1H3. The van der Waals surface area contributed by atoms with E-state index in [4.69, 9.17) is 4.74 Å². The predicted octanol–water partition coefficient (Wildman–Crippen LogP) is 2.74. The van der Waals surface area contributed by atoms with E-state index in [2.05, 4.69) is 18.3 Å². The minimum Gasteiger partial charge on any atom is -0.483 e. The van der Waals surface area contributed by atoms with Crippen molar-refractivity contribution in [2.75, 3.05) is 13.1 Å². The molecule has 1 aliphatic heterocycles. The summed E-state index contributed by atoms with van der Waals surface area (Å²) in [5.41, 5.74) is 2.25. The second kappa shape index (κ2) is 7.47. The van der Waals surface area contributed by atoms with Crippen LogP contribution in [0.25, 0.3) is 0 Å². The zero-order valence-corrected chi connectivity index (χ0v) is 13.6. The Morgan fingerprint density at radius 2 is 2.13 bits per heavy atom. The number of aromatic nitrogens is 1. The third-order valence-electron chi connectivity index (χ3n) is 4.48. The molecule has 1 N–H and O–H groups in total. The molecule has 1 aliphatic rings. The van der Waals surface area contributed by atoms with Crippen LogP contribution in [0.4, 0.5) is 0 Å². The van der Waals surface area contributed by atoms with E-state index in [1.165, 1.54) is 18.4 Å². The highest BCUT2D eigenvalue weighted by atomic mass is 16.5. The van der Waals surface area contributed by atoms with Gasteiger partial charge >= 0.3 is 0 Å². The first-order valence-electron chi connectivity index (χ1n) is 8.31. The highest BCUT2D eigenvalue weighted by Gasteiger charge is 2.15. The van der Waals surface area contributed by atoms with Crippen LogP contribution in [0, 0.1) is 12.8 Å². The summed E-state index contributed by atoms with van der Waals surface area (Å²) in [7, 11) is 0. The van der Waals surface area contributed by atoms with E-state index in [1.54, 1.807) is 10.6 Å². The SMILES string of the molecule is Cc1ccccc1COc1cccn(CC2CCCNC2)c1=O. The Labute approximate surface area is 137 Å². The molecule has 23 heavy (non-hydrogen) atoms. The van der Waals surface area contributed by atoms with E-state index in [-0.39, 0.29) is 5.56 Å². The van der Waals surface area contributed by atoms with Gasteiger partial charge in [0.25, 0.3) is 5.56 Å². The van der Waals surface area contributed by atoms with Gasteiger partial charge in [-0.15, -0.1) is 0 Å². The van der Waals surface area contributed by atoms with Crippen molar-refractivity contribution in [2.45, 2.75) is 32.9 Å². The van der Waals surface area contributed by atoms with Crippen LogP contribution in [-0.2, 0) is 13.2 Å². The molecule has 0 amide bonds. The average molecular weight is 312 g/mol. The van der Waals surface area contributed by atoms with E-state index in [0.717, 1.165) is 25.2 Å². The highest BCUT2D eigenvalue weighted by molar-refractivity contribution is 5.26. The maximum absolute atomic E-state index is 12.6. The molecule has 0 radical (unpaired) electrons. The van der Waals surface area contributed by atoms with Crippen molar-refractivity contribution in [1.82, 2.24) is 9.88 Å². The molecule has 0 bridgehead atoms. The van der Waals surface area contributed by atoms with Crippen molar-refractivity contribution < 1.29 is 4.74 Å². The van der Waals surface area contributed by atoms with Crippen LogP contribution >= 0.6 is 0 Å². The molecular weight excluding hydrogens is 288 g/mol. The van der Waals surface area contributed by atoms with E-state index < -0.39 is 0 Å². The summed E-state index contributed by atoms with van der Waals surface area (Å²) in [5, 5.41) is 3.40. The summed E-state index contributed by atoms with van der Waals surface area (Å²) in [5.74, 6) is 0.951. The van der Waals surface area contributed by atoms with Gasteiger partial charge in [-0.1, -0.05) is 24.3 Å². The molecule has 4 nitrogen and oxygen atoms in total. The maximum atomic E-state index is 12.6.